The normalized spacial score (nSPS) is 15.6. The predicted octanol–water partition coefficient (Wildman–Crippen LogP) is 2.12. The Morgan fingerprint density at radius 3 is 2.59 bits per heavy atom. The second kappa shape index (κ2) is 8.94. The first-order valence-electron chi connectivity index (χ1n) is 10.1. The molecular formula is C23H19N3O7S. The van der Waals surface area contributed by atoms with Crippen LogP contribution in [-0.4, -0.2) is 32.8 Å². The maximum absolute atomic E-state index is 13.5. The van der Waals surface area contributed by atoms with E-state index in [-0.39, 0.29) is 15.7 Å². The Morgan fingerprint density at radius 1 is 1.26 bits per heavy atom. The second-order valence-corrected chi connectivity index (χ2v) is 8.36. The summed E-state index contributed by atoms with van der Waals surface area (Å²) in [7, 11) is 1.26. The third-order valence-electron chi connectivity index (χ3n) is 5.37. The third-order valence-corrected chi connectivity index (χ3v) is 6.36. The summed E-state index contributed by atoms with van der Waals surface area (Å²) in [6, 6.07) is 10.0. The Labute approximate surface area is 196 Å². The summed E-state index contributed by atoms with van der Waals surface area (Å²) in [5.74, 6) is -1.73. The monoisotopic (exact) mass is 481 g/mol. The molecule has 1 aromatic heterocycles. The third kappa shape index (κ3) is 3.86. The Morgan fingerprint density at radius 2 is 1.97 bits per heavy atom. The van der Waals surface area contributed by atoms with Crippen LogP contribution in [-0.2, 0) is 9.53 Å². The van der Waals surface area contributed by atoms with E-state index in [0.29, 0.717) is 22.5 Å². The molecule has 1 aliphatic heterocycles. The molecule has 3 aromatic rings. The first-order chi connectivity index (χ1) is 16.3. The summed E-state index contributed by atoms with van der Waals surface area (Å²) in [6.45, 7) is 1.84. The molecule has 10 nitrogen and oxygen atoms in total. The minimum Gasteiger partial charge on any atom is -0.507 e. The molecule has 0 bridgehead atoms. The van der Waals surface area contributed by atoms with Crippen molar-refractivity contribution in [2.24, 2.45) is 4.99 Å². The number of phenolic OH excluding ortho intramolecular Hbond substituents is 2. The van der Waals surface area contributed by atoms with E-state index in [0.717, 1.165) is 23.5 Å². The molecule has 0 radical (unpaired) electrons. The highest BCUT2D eigenvalue weighted by atomic mass is 32.1. The second-order valence-electron chi connectivity index (χ2n) is 7.36. The fourth-order valence-corrected chi connectivity index (χ4v) is 4.81. The molecule has 1 aliphatic rings. The van der Waals surface area contributed by atoms with E-state index in [9.17, 15) is 29.9 Å². The molecule has 0 amide bonds. The molecule has 0 unspecified atom stereocenters. The molecule has 174 valence electrons. The van der Waals surface area contributed by atoms with Crippen molar-refractivity contribution in [3.63, 3.8) is 0 Å². The Kier molecular flexibility index (Phi) is 6.03. The van der Waals surface area contributed by atoms with Gasteiger partial charge in [0.15, 0.2) is 10.6 Å². The van der Waals surface area contributed by atoms with Crippen LogP contribution >= 0.6 is 11.3 Å². The maximum Gasteiger partial charge on any atom is 0.338 e. The highest BCUT2D eigenvalue weighted by molar-refractivity contribution is 7.07. The highest BCUT2D eigenvalue weighted by Crippen LogP contribution is 2.34. The zero-order valence-corrected chi connectivity index (χ0v) is 18.9. The van der Waals surface area contributed by atoms with E-state index in [1.54, 1.807) is 24.3 Å². The van der Waals surface area contributed by atoms with Crippen LogP contribution in [0.15, 0.2) is 63.5 Å². The number of ether oxygens (including phenoxy) is 1. The molecule has 2 heterocycles. The van der Waals surface area contributed by atoms with Gasteiger partial charge in [0.25, 0.3) is 5.56 Å². The van der Waals surface area contributed by atoms with Gasteiger partial charge in [0.05, 0.1) is 33.9 Å². The van der Waals surface area contributed by atoms with Crippen molar-refractivity contribution in [1.82, 2.24) is 4.57 Å². The van der Waals surface area contributed by atoms with Gasteiger partial charge in [-0.2, -0.15) is 0 Å². The molecule has 2 N–H and O–H groups in total. The largest absolute Gasteiger partial charge is 0.507 e. The molecule has 2 aromatic carbocycles. The number of hydrogen-bond donors (Lipinski definition) is 2. The number of aromatic nitrogens is 1. The average Bonchev–Trinajstić information content (AvgIpc) is 3.14. The molecule has 4 rings (SSSR count). The standard InChI is InChI=1S/C23H19N3O7S/c1-3-14-19(22(30)33-2)20(12-7-5-4-6-8-12)25-21(29)18(34-23(25)24-14)10-13-9-15(26(31)32)17(28)11-16(13)27/h4-11,20,27-28H,3H2,1-2H3/b18-10-/t20-/m0/s1. The summed E-state index contributed by atoms with van der Waals surface area (Å²) in [5.41, 5.74) is 0.285. The summed E-state index contributed by atoms with van der Waals surface area (Å²) in [6.07, 6.45) is 1.71. The van der Waals surface area contributed by atoms with E-state index in [2.05, 4.69) is 4.99 Å². The Hall–Kier alpha value is -4.25. The summed E-state index contributed by atoms with van der Waals surface area (Å²) >= 11 is 1.02. The summed E-state index contributed by atoms with van der Waals surface area (Å²) in [5, 5.41) is 31.1. The zero-order chi connectivity index (χ0) is 24.6. The first-order valence-corrected chi connectivity index (χ1v) is 11.0. The lowest BCUT2D eigenvalue weighted by molar-refractivity contribution is -0.385. The van der Waals surface area contributed by atoms with Crippen LogP contribution < -0.4 is 14.9 Å². The number of thiazole rings is 1. The van der Waals surface area contributed by atoms with Crippen LogP contribution in [0.2, 0.25) is 0 Å². The zero-order valence-electron chi connectivity index (χ0n) is 18.1. The number of nitrogens with zero attached hydrogens (tertiary/aromatic N) is 3. The maximum atomic E-state index is 13.5. The van der Waals surface area contributed by atoms with Gasteiger partial charge in [-0.25, -0.2) is 9.79 Å². The van der Waals surface area contributed by atoms with E-state index < -0.39 is 39.7 Å². The fraction of sp³-hybridized carbons (Fsp3) is 0.174. The van der Waals surface area contributed by atoms with Crippen LogP contribution in [0.25, 0.3) is 6.08 Å². The number of esters is 1. The highest BCUT2D eigenvalue weighted by Gasteiger charge is 2.33. The molecule has 0 aliphatic carbocycles. The number of rotatable bonds is 5. The Bertz CT molecular complexity index is 1520. The lowest BCUT2D eigenvalue weighted by Gasteiger charge is -2.25. The topological polar surface area (TPSA) is 144 Å². The van der Waals surface area contributed by atoms with Crippen LogP contribution in [0.1, 0.15) is 30.5 Å². The van der Waals surface area contributed by atoms with Gasteiger partial charge in [-0.05, 0) is 18.1 Å². The summed E-state index contributed by atoms with van der Waals surface area (Å²) in [4.78, 5) is 41.5. The predicted molar refractivity (Wildman–Crippen MR) is 123 cm³/mol. The van der Waals surface area contributed by atoms with E-state index in [1.807, 2.05) is 13.0 Å². The molecule has 0 saturated carbocycles. The number of fused-ring (bicyclic) bond motifs is 1. The van der Waals surface area contributed by atoms with Crippen LogP contribution in [0.5, 0.6) is 11.5 Å². The number of hydrogen-bond acceptors (Lipinski definition) is 9. The molecule has 11 heteroatoms. The van der Waals surface area contributed by atoms with Crippen molar-refractivity contribution in [3.05, 3.63) is 94.7 Å². The minimum atomic E-state index is -0.792. The van der Waals surface area contributed by atoms with E-state index >= 15 is 0 Å². The van der Waals surface area contributed by atoms with Gasteiger partial charge in [0.2, 0.25) is 0 Å². The van der Waals surface area contributed by atoms with Crippen molar-refractivity contribution in [1.29, 1.82) is 0 Å². The molecule has 34 heavy (non-hydrogen) atoms. The van der Waals surface area contributed by atoms with Gasteiger partial charge >= 0.3 is 11.7 Å². The van der Waals surface area contributed by atoms with Crippen molar-refractivity contribution < 1.29 is 24.7 Å². The molecule has 1 atom stereocenters. The molecular weight excluding hydrogens is 462 g/mol. The lowest BCUT2D eigenvalue weighted by Crippen LogP contribution is -2.40. The number of nitro groups is 1. The number of carbonyl (C=O) groups excluding carboxylic acids is 1. The van der Waals surface area contributed by atoms with E-state index in [1.165, 1.54) is 17.8 Å². The van der Waals surface area contributed by atoms with Gasteiger partial charge in [0.1, 0.15) is 5.75 Å². The van der Waals surface area contributed by atoms with Crippen molar-refractivity contribution in [2.75, 3.05) is 7.11 Å². The van der Waals surface area contributed by atoms with Gasteiger partial charge in [0, 0.05) is 17.7 Å². The number of methoxy groups -OCH3 is 1. The summed E-state index contributed by atoms with van der Waals surface area (Å²) < 4.78 is 6.51. The number of aromatic hydroxyl groups is 2. The van der Waals surface area contributed by atoms with Gasteiger partial charge in [-0.1, -0.05) is 48.6 Å². The van der Waals surface area contributed by atoms with Crippen molar-refractivity contribution in [3.8, 4) is 11.5 Å². The minimum absolute atomic E-state index is 0.0195. The number of allylic oxidation sites excluding steroid dienone is 1. The van der Waals surface area contributed by atoms with Crippen LogP contribution in [0.3, 0.4) is 0 Å². The van der Waals surface area contributed by atoms with E-state index in [4.69, 9.17) is 4.74 Å². The number of nitro benzene ring substituents is 1. The number of benzene rings is 2. The van der Waals surface area contributed by atoms with Crippen LogP contribution in [0, 0.1) is 10.1 Å². The van der Waals surface area contributed by atoms with Crippen LogP contribution in [0.4, 0.5) is 5.69 Å². The Balaban J connectivity index is 2.01. The van der Waals surface area contributed by atoms with Crippen molar-refractivity contribution in [2.45, 2.75) is 19.4 Å². The van der Waals surface area contributed by atoms with Gasteiger partial charge in [-0.3, -0.25) is 19.5 Å². The average molecular weight is 481 g/mol. The smallest absolute Gasteiger partial charge is 0.338 e. The number of carbonyl (C=O) groups is 1. The lowest BCUT2D eigenvalue weighted by atomic mass is 9.95. The first kappa shape index (κ1) is 22.9. The molecule has 0 fully saturated rings. The van der Waals surface area contributed by atoms with Gasteiger partial charge in [-0.15, -0.1) is 0 Å². The van der Waals surface area contributed by atoms with Gasteiger partial charge < -0.3 is 14.9 Å². The molecule has 0 spiro atoms. The number of phenols is 2. The SMILES string of the molecule is CCC1=C(C(=O)OC)[C@H](c2ccccc2)n2c(s/c(=C\c3cc([N+](=O)[O-])c(O)cc3O)c2=O)=N1. The molecule has 0 saturated heterocycles. The quantitative estimate of drug-likeness (QED) is 0.323. The fourth-order valence-electron chi connectivity index (χ4n) is 3.80. The van der Waals surface area contributed by atoms with Crippen molar-refractivity contribution >= 4 is 29.1 Å².